The SMILES string of the molecule is FC(F)(F)C#CC(F)(F)F.[C]=O.[C]=O.[Pd]. The summed E-state index contributed by atoms with van der Waals surface area (Å²) in [6.45, 7) is 9.00. The molecule has 88 valence electrons. The number of hydrogen-bond acceptors (Lipinski definition) is 2. The van der Waals surface area contributed by atoms with Gasteiger partial charge in [0.1, 0.15) is 0 Å². The maximum atomic E-state index is 10.9. The average molecular weight is 324 g/mol. The van der Waals surface area contributed by atoms with Crippen LogP contribution in [-0.4, -0.2) is 25.9 Å². The molecule has 15 heavy (non-hydrogen) atoms. The molecule has 0 atom stereocenters. The number of carbonyl (C=O) groups excluding carboxylic acids is 2. The third-order valence-electron chi connectivity index (χ3n) is 0.346. The van der Waals surface area contributed by atoms with Gasteiger partial charge in [-0.25, -0.2) is 0 Å². The summed E-state index contributed by atoms with van der Waals surface area (Å²) in [5, 5.41) is 0. The van der Waals surface area contributed by atoms with E-state index in [4.69, 9.17) is 9.59 Å². The Labute approximate surface area is 94.7 Å². The van der Waals surface area contributed by atoms with Crippen molar-refractivity contribution in [2.45, 2.75) is 12.4 Å². The van der Waals surface area contributed by atoms with E-state index in [0.29, 0.717) is 0 Å². The molecule has 9 heteroatoms. The Balaban J connectivity index is -0.000000107. The maximum absolute atomic E-state index is 10.9. The van der Waals surface area contributed by atoms with Crippen LogP contribution < -0.4 is 0 Å². The summed E-state index contributed by atoms with van der Waals surface area (Å²) < 4.78 is 65.5. The van der Waals surface area contributed by atoms with Gasteiger partial charge in [-0.15, -0.1) is 0 Å². The Kier molecular flexibility index (Phi) is 17.8. The maximum Gasteiger partial charge on any atom is 0.457 e. The number of alkyl halides is 6. The normalized spacial score (nSPS) is 8.67. The van der Waals surface area contributed by atoms with Gasteiger partial charge in [-0.05, 0) is 0 Å². The Morgan fingerprint density at radius 3 is 0.867 bits per heavy atom. The van der Waals surface area contributed by atoms with E-state index in [-0.39, 0.29) is 32.3 Å². The number of halogens is 6. The minimum absolute atomic E-state index is 0. The summed E-state index contributed by atoms with van der Waals surface area (Å²) in [6.07, 6.45) is -10.1. The molecular weight excluding hydrogens is 324 g/mol. The van der Waals surface area contributed by atoms with E-state index in [1.807, 2.05) is 0 Å². The summed E-state index contributed by atoms with van der Waals surface area (Å²) in [6, 6.07) is 0. The molecule has 0 aliphatic carbocycles. The smallest absolute Gasteiger partial charge is 0.281 e. The molecular formula is C6F6O2Pd. The second-order valence-electron chi connectivity index (χ2n) is 1.25. The van der Waals surface area contributed by atoms with Crippen LogP contribution in [0.3, 0.4) is 0 Å². The average Bonchev–Trinajstić information content (AvgIpc) is 2.06. The molecule has 0 N–H and O–H groups in total. The minimum Gasteiger partial charge on any atom is -0.281 e. The van der Waals surface area contributed by atoms with E-state index >= 15 is 0 Å². The molecule has 0 heterocycles. The summed E-state index contributed by atoms with van der Waals surface area (Å²) in [5.41, 5.74) is 0. The summed E-state index contributed by atoms with van der Waals surface area (Å²) in [4.78, 5) is 15.0. The van der Waals surface area contributed by atoms with E-state index in [9.17, 15) is 26.3 Å². The molecule has 0 aromatic heterocycles. The molecule has 4 radical (unpaired) electrons. The first kappa shape index (κ1) is 23.7. The monoisotopic (exact) mass is 324 g/mol. The van der Waals surface area contributed by atoms with Gasteiger partial charge in [0.15, 0.2) is 0 Å². The van der Waals surface area contributed by atoms with Crippen molar-refractivity contribution in [3.8, 4) is 11.8 Å². The first-order valence-electron chi connectivity index (χ1n) is 2.29. The van der Waals surface area contributed by atoms with Gasteiger partial charge in [0, 0.05) is 32.3 Å². The molecule has 0 aliphatic heterocycles. The molecule has 0 aromatic rings. The fourth-order valence-corrected chi connectivity index (χ4v) is 0.142. The van der Waals surface area contributed by atoms with E-state index in [0.717, 1.165) is 0 Å². The topological polar surface area (TPSA) is 34.1 Å². The molecule has 0 spiro atoms. The van der Waals surface area contributed by atoms with E-state index in [1.165, 1.54) is 0 Å². The number of hydrogen-bond donors (Lipinski definition) is 0. The van der Waals surface area contributed by atoms with Crippen LogP contribution in [0.2, 0.25) is 0 Å². The summed E-state index contributed by atoms with van der Waals surface area (Å²) in [5.74, 6) is 0.174. The van der Waals surface area contributed by atoms with Crippen LogP contribution in [0, 0.1) is 11.8 Å². The summed E-state index contributed by atoms with van der Waals surface area (Å²) >= 11 is 0. The van der Waals surface area contributed by atoms with Gasteiger partial charge in [-0.3, -0.25) is 9.59 Å². The van der Waals surface area contributed by atoms with Crippen molar-refractivity contribution in [1.29, 1.82) is 0 Å². The third kappa shape index (κ3) is 43.2. The first-order chi connectivity index (χ1) is 6.21. The first-order valence-corrected chi connectivity index (χ1v) is 2.29. The van der Waals surface area contributed by atoms with Crippen molar-refractivity contribution in [3.05, 3.63) is 0 Å². The van der Waals surface area contributed by atoms with Crippen molar-refractivity contribution in [1.82, 2.24) is 0 Å². The third-order valence-corrected chi connectivity index (χ3v) is 0.346. The van der Waals surface area contributed by atoms with Gasteiger partial charge in [-0.2, -0.15) is 26.3 Å². The van der Waals surface area contributed by atoms with Crippen LogP contribution in [0.25, 0.3) is 0 Å². The largest absolute Gasteiger partial charge is 0.457 e. The zero-order valence-corrected chi connectivity index (χ0v) is 7.96. The Morgan fingerprint density at radius 1 is 0.667 bits per heavy atom. The molecule has 0 rings (SSSR count). The molecule has 0 bridgehead atoms. The van der Waals surface area contributed by atoms with Crippen LogP contribution in [0.5, 0.6) is 0 Å². The standard InChI is InChI=1S/C4F6.2CO.Pd/c5-3(6,7)1-2-4(8,9)10;2*1-2;. The second-order valence-corrected chi connectivity index (χ2v) is 1.25. The van der Waals surface area contributed by atoms with Crippen molar-refractivity contribution < 1.29 is 56.4 Å². The zero-order valence-electron chi connectivity index (χ0n) is 6.40. The molecule has 0 saturated carbocycles. The van der Waals surface area contributed by atoms with Crippen molar-refractivity contribution >= 4 is 13.6 Å². The van der Waals surface area contributed by atoms with Crippen LogP contribution in [-0.2, 0) is 30.0 Å². The molecule has 0 fully saturated rings. The van der Waals surface area contributed by atoms with Crippen LogP contribution >= 0.6 is 0 Å². The molecule has 2 nitrogen and oxygen atoms in total. The quantitative estimate of drug-likeness (QED) is 0.383. The fourth-order valence-electron chi connectivity index (χ4n) is 0.142. The number of rotatable bonds is 0. The van der Waals surface area contributed by atoms with Gasteiger partial charge in [-0.1, -0.05) is 0 Å². The second kappa shape index (κ2) is 11.2. The Bertz CT molecular complexity index is 180. The van der Waals surface area contributed by atoms with Crippen molar-refractivity contribution in [3.63, 3.8) is 0 Å². The van der Waals surface area contributed by atoms with E-state index in [1.54, 1.807) is 0 Å². The summed E-state index contributed by atoms with van der Waals surface area (Å²) in [7, 11) is 0. The molecule has 0 unspecified atom stereocenters. The van der Waals surface area contributed by atoms with Gasteiger partial charge in [0.2, 0.25) is 0 Å². The minimum atomic E-state index is -5.07. The molecule has 0 aromatic carbocycles. The van der Waals surface area contributed by atoms with Crippen molar-refractivity contribution in [2.75, 3.05) is 0 Å². The predicted octanol–water partition coefficient (Wildman–Crippen LogP) is 1.32. The van der Waals surface area contributed by atoms with Crippen molar-refractivity contribution in [2.24, 2.45) is 0 Å². The van der Waals surface area contributed by atoms with Gasteiger partial charge < -0.3 is 0 Å². The van der Waals surface area contributed by atoms with Crippen LogP contribution in [0.4, 0.5) is 26.3 Å². The van der Waals surface area contributed by atoms with Gasteiger partial charge in [0.25, 0.3) is 13.6 Å². The zero-order chi connectivity index (χ0) is 12.4. The van der Waals surface area contributed by atoms with Gasteiger partial charge in [0.05, 0.1) is 0 Å². The molecule has 0 saturated heterocycles. The Morgan fingerprint density at radius 2 is 0.800 bits per heavy atom. The van der Waals surface area contributed by atoms with Crippen LogP contribution in [0.15, 0.2) is 0 Å². The molecule has 0 aliphatic rings. The fraction of sp³-hybridized carbons (Fsp3) is 0.333. The molecule has 0 amide bonds. The Hall–Kier alpha value is -0.858. The van der Waals surface area contributed by atoms with Crippen LogP contribution in [0.1, 0.15) is 0 Å². The van der Waals surface area contributed by atoms with E-state index < -0.39 is 12.4 Å². The van der Waals surface area contributed by atoms with E-state index in [2.05, 4.69) is 13.6 Å². The predicted molar refractivity (Wildman–Crippen MR) is 31.3 cm³/mol. The van der Waals surface area contributed by atoms with Gasteiger partial charge >= 0.3 is 12.4 Å².